The monoisotopic (exact) mass is 896 g/mol. The number of hydrogen-bond donors (Lipinski definition) is 2. The Labute approximate surface area is 385 Å². The predicted octanol–water partition coefficient (Wildman–Crippen LogP) is 12.6. The van der Waals surface area contributed by atoms with Crippen LogP contribution in [-0.2, 0) is 29.7 Å². The minimum atomic E-state index is -1.13. The summed E-state index contributed by atoms with van der Waals surface area (Å²) in [6.07, 6.45) is 11.0. The van der Waals surface area contributed by atoms with Gasteiger partial charge in [-0.25, -0.2) is 14.8 Å². The number of halogens is 2. The second-order valence-electron chi connectivity index (χ2n) is 18.1. The summed E-state index contributed by atoms with van der Waals surface area (Å²) < 4.78 is 18.5. The summed E-state index contributed by atoms with van der Waals surface area (Å²) >= 11 is 13.6. The van der Waals surface area contributed by atoms with Gasteiger partial charge in [0.25, 0.3) is 0 Å². The topological polar surface area (TPSA) is 116 Å². The maximum Gasteiger partial charge on any atom is 0.329 e. The summed E-state index contributed by atoms with van der Waals surface area (Å²) in [5, 5.41) is 15.5. The van der Waals surface area contributed by atoms with E-state index in [9.17, 15) is 9.90 Å². The second-order valence-corrected chi connectivity index (χ2v) is 18.9. The van der Waals surface area contributed by atoms with Gasteiger partial charge in [-0.3, -0.25) is 4.98 Å². The molecule has 0 radical (unpaired) electrons. The Morgan fingerprint density at radius 2 is 1.70 bits per heavy atom. The van der Waals surface area contributed by atoms with Gasteiger partial charge in [-0.15, -0.1) is 0 Å². The van der Waals surface area contributed by atoms with Crippen molar-refractivity contribution in [3.63, 3.8) is 0 Å². The first-order chi connectivity index (χ1) is 31.0. The summed E-state index contributed by atoms with van der Waals surface area (Å²) in [6, 6.07) is 31.3. The number of carbonyl (C=O) groups is 1. The summed E-state index contributed by atoms with van der Waals surface area (Å²) in [4.78, 5) is 27.2. The molecule has 0 amide bonds. The predicted molar refractivity (Wildman–Crippen MR) is 253 cm³/mol. The first-order valence-electron chi connectivity index (χ1n) is 22.4. The Kier molecular flexibility index (Phi) is 12.6. The van der Waals surface area contributed by atoms with Crippen molar-refractivity contribution in [2.75, 3.05) is 19.0 Å². The zero-order valence-corrected chi connectivity index (χ0v) is 38.1. The van der Waals surface area contributed by atoms with Gasteiger partial charge in [-0.1, -0.05) is 67.4 Å². The van der Waals surface area contributed by atoms with Gasteiger partial charge in [0.1, 0.15) is 29.4 Å². The fourth-order valence-electron chi connectivity index (χ4n) is 10.7. The molecule has 11 heteroatoms. The van der Waals surface area contributed by atoms with Gasteiger partial charge >= 0.3 is 5.97 Å². The summed E-state index contributed by atoms with van der Waals surface area (Å²) in [6.45, 7) is 5.40. The number of anilines is 1. The second kappa shape index (κ2) is 18.5. The van der Waals surface area contributed by atoms with Crippen molar-refractivity contribution in [2.24, 2.45) is 11.8 Å². The van der Waals surface area contributed by atoms with Crippen LogP contribution in [-0.4, -0.2) is 45.3 Å². The fraction of sp³-hybridized carbons (Fsp3) is 0.358. The molecular weight excluding hydrogens is 844 g/mol. The van der Waals surface area contributed by atoms with Crippen LogP contribution in [0, 0.1) is 11.8 Å². The maximum atomic E-state index is 13.2. The molecular formula is C53H54Cl2N4O5. The normalized spacial score (nSPS) is 21.7. The molecule has 3 aliphatic rings. The van der Waals surface area contributed by atoms with E-state index in [1.165, 1.54) is 22.4 Å². The highest BCUT2D eigenvalue weighted by Crippen LogP contribution is 2.57. The van der Waals surface area contributed by atoms with Gasteiger partial charge < -0.3 is 24.6 Å². The van der Waals surface area contributed by atoms with E-state index in [4.69, 9.17) is 47.4 Å². The van der Waals surface area contributed by atoms with Crippen LogP contribution in [0.4, 0.5) is 5.69 Å². The van der Waals surface area contributed by atoms with Gasteiger partial charge in [-0.2, -0.15) is 0 Å². The number of aliphatic carboxylic acids is 1. The van der Waals surface area contributed by atoms with Crippen LogP contribution >= 0.6 is 23.2 Å². The van der Waals surface area contributed by atoms with Crippen molar-refractivity contribution in [3.05, 3.63) is 148 Å². The fourth-order valence-corrected chi connectivity index (χ4v) is 11.2. The molecule has 3 atom stereocenters. The van der Waals surface area contributed by atoms with Crippen molar-refractivity contribution < 1.29 is 24.1 Å². The van der Waals surface area contributed by atoms with Crippen LogP contribution in [0.25, 0.3) is 22.5 Å². The van der Waals surface area contributed by atoms with Gasteiger partial charge in [0.05, 0.1) is 25.0 Å². The Hall–Kier alpha value is -5.64. The van der Waals surface area contributed by atoms with Crippen molar-refractivity contribution >= 4 is 34.9 Å². The first-order valence-corrected chi connectivity index (χ1v) is 23.2. The molecule has 9 rings (SSSR count). The van der Waals surface area contributed by atoms with Gasteiger partial charge in [0.2, 0.25) is 0 Å². The number of aromatic nitrogens is 3. The number of carboxylic acid groups (broad SMARTS) is 1. The number of rotatable bonds is 14. The standard InChI is InChI=1S/C53H54Cl2N4O5/c1-33(31-64-48-18-24-56-46-15-6-9-34(2)49(46)48)25-37-26-36-28-45(55)43(30-44(36)52(37)19-21-53(22-20-52,51(60)61)59-39-12-8-11-38(54)29-39)35-10-7-13-41(27-35)63-32-40-17-23-57-50(58-40)42-14-4-5-16-47(42)62-3/h4-5,7-8,10-14,16-18,23-24,27-30,33-34,37,59H,6,9,15,19-22,25-26,31-32H2,1-3H3,(H,60,61)/t33-,34-,37?,52?,53?/m1/s1. The number of benzene rings is 4. The average Bonchev–Trinajstić information content (AvgIpc) is 3.58. The number of fused-ring (bicyclic) bond motifs is 3. The molecule has 0 bridgehead atoms. The third kappa shape index (κ3) is 8.77. The Morgan fingerprint density at radius 1 is 0.891 bits per heavy atom. The molecule has 4 aromatic carbocycles. The smallest absolute Gasteiger partial charge is 0.329 e. The molecule has 1 saturated carbocycles. The van der Waals surface area contributed by atoms with Gasteiger partial charge in [0, 0.05) is 44.9 Å². The third-order valence-corrected chi connectivity index (χ3v) is 14.5. The number of aryl methyl sites for hydroxylation is 1. The van der Waals surface area contributed by atoms with E-state index in [0.717, 1.165) is 60.2 Å². The molecule has 2 aromatic heterocycles. The summed E-state index contributed by atoms with van der Waals surface area (Å²) in [5.74, 6) is 3.01. The lowest BCUT2D eigenvalue weighted by molar-refractivity contribution is -0.144. The number of nitrogens with zero attached hydrogens (tertiary/aromatic N) is 3. The van der Waals surface area contributed by atoms with Crippen molar-refractivity contribution in [2.45, 2.75) is 95.1 Å². The van der Waals surface area contributed by atoms with E-state index in [1.54, 1.807) is 25.4 Å². The molecule has 3 aliphatic carbocycles. The Morgan fingerprint density at radius 3 is 2.52 bits per heavy atom. The molecule has 1 unspecified atom stereocenters. The summed E-state index contributed by atoms with van der Waals surface area (Å²) in [7, 11) is 1.64. The quantitative estimate of drug-likeness (QED) is 0.110. The van der Waals surface area contributed by atoms with Crippen LogP contribution in [0.15, 0.2) is 109 Å². The van der Waals surface area contributed by atoms with E-state index < -0.39 is 11.5 Å². The molecule has 1 fully saturated rings. The van der Waals surface area contributed by atoms with E-state index in [2.05, 4.69) is 42.3 Å². The van der Waals surface area contributed by atoms with E-state index in [1.807, 2.05) is 72.9 Å². The number of carboxylic acids is 1. The molecule has 0 aliphatic heterocycles. The van der Waals surface area contributed by atoms with Gasteiger partial charge in [-0.05, 0) is 164 Å². The average molecular weight is 898 g/mol. The van der Waals surface area contributed by atoms with E-state index >= 15 is 0 Å². The van der Waals surface area contributed by atoms with Crippen molar-refractivity contribution in [1.82, 2.24) is 15.0 Å². The number of para-hydroxylation sites is 1. The van der Waals surface area contributed by atoms with Crippen molar-refractivity contribution in [1.29, 1.82) is 0 Å². The van der Waals surface area contributed by atoms with E-state index in [-0.39, 0.29) is 23.9 Å². The lowest BCUT2D eigenvalue weighted by Crippen LogP contribution is -2.53. The highest BCUT2D eigenvalue weighted by atomic mass is 35.5. The number of hydrogen-bond acceptors (Lipinski definition) is 8. The molecule has 0 saturated heterocycles. The number of methoxy groups -OCH3 is 1. The molecule has 1 spiro atoms. The largest absolute Gasteiger partial charge is 0.496 e. The number of ether oxygens (including phenoxy) is 3. The van der Waals surface area contributed by atoms with Gasteiger partial charge in [0.15, 0.2) is 5.82 Å². The van der Waals surface area contributed by atoms with Crippen LogP contribution in [0.5, 0.6) is 17.2 Å². The molecule has 64 heavy (non-hydrogen) atoms. The Bertz CT molecular complexity index is 2660. The molecule has 6 aromatic rings. The highest BCUT2D eigenvalue weighted by molar-refractivity contribution is 6.33. The minimum Gasteiger partial charge on any atom is -0.496 e. The molecule has 330 valence electrons. The highest BCUT2D eigenvalue weighted by Gasteiger charge is 2.54. The maximum absolute atomic E-state index is 13.2. The van der Waals surface area contributed by atoms with Crippen molar-refractivity contribution in [3.8, 4) is 39.8 Å². The lowest BCUT2D eigenvalue weighted by Gasteiger charge is -2.47. The number of pyridine rings is 1. The zero-order chi connectivity index (χ0) is 44.4. The Balaban J connectivity index is 0.987. The first kappa shape index (κ1) is 43.6. The minimum absolute atomic E-state index is 0.246. The SMILES string of the molecule is COc1ccccc1-c1nccc(COc2cccc(-c3cc4c(cc3Cl)CC(C[C@@H](C)COc3ccnc5c3[C@H](C)CCC5)C43CCC(Nc4cccc(Cl)c4)(C(=O)O)CC3)c2)n1. The molecule has 2 heterocycles. The summed E-state index contributed by atoms with van der Waals surface area (Å²) in [5.41, 5.74) is 7.65. The van der Waals surface area contributed by atoms with Crippen LogP contribution < -0.4 is 19.5 Å². The zero-order valence-electron chi connectivity index (χ0n) is 36.6. The lowest BCUT2D eigenvalue weighted by atomic mass is 9.59. The third-order valence-electron chi connectivity index (χ3n) is 14.0. The molecule has 9 nitrogen and oxygen atoms in total. The van der Waals surface area contributed by atoms with Crippen LogP contribution in [0.3, 0.4) is 0 Å². The number of nitrogens with one attached hydrogen (secondary N) is 1. The van der Waals surface area contributed by atoms with E-state index in [0.29, 0.717) is 71.3 Å². The molecule has 2 N–H and O–H groups in total. The van der Waals surface area contributed by atoms with Crippen LogP contribution in [0.2, 0.25) is 10.0 Å². The van der Waals surface area contributed by atoms with Crippen LogP contribution in [0.1, 0.15) is 92.8 Å².